The third-order valence-corrected chi connectivity index (χ3v) is 6.12. The molecule has 27 heavy (non-hydrogen) atoms. The first kappa shape index (κ1) is 16.5. The number of aromatic nitrogens is 2. The average Bonchev–Trinajstić information content (AvgIpc) is 3.41. The summed E-state index contributed by atoms with van der Waals surface area (Å²) in [5.74, 6) is 1.36. The van der Waals surface area contributed by atoms with E-state index in [0.717, 1.165) is 23.2 Å². The Labute approximate surface area is 160 Å². The summed E-state index contributed by atoms with van der Waals surface area (Å²) in [6.45, 7) is 2.05. The fraction of sp³-hybridized carbons (Fsp3) is 0.238. The fourth-order valence-corrected chi connectivity index (χ4v) is 4.83. The lowest BCUT2D eigenvalue weighted by atomic mass is 10.1. The van der Waals surface area contributed by atoms with Crippen LogP contribution in [0.25, 0.3) is 21.5 Å². The molecule has 2 atom stereocenters. The van der Waals surface area contributed by atoms with Gasteiger partial charge in [-0.3, -0.25) is 4.79 Å². The first-order valence-electron chi connectivity index (χ1n) is 9.10. The molecule has 0 bridgehead atoms. The summed E-state index contributed by atoms with van der Waals surface area (Å²) in [4.78, 5) is 21.2. The highest BCUT2D eigenvalue weighted by Crippen LogP contribution is 2.34. The molecule has 5 rings (SSSR count). The summed E-state index contributed by atoms with van der Waals surface area (Å²) >= 11 is 1.47. The third kappa shape index (κ3) is 2.81. The molecule has 2 N–H and O–H groups in total. The second kappa shape index (κ2) is 6.48. The maximum atomic E-state index is 12.8. The van der Waals surface area contributed by atoms with E-state index in [1.54, 1.807) is 6.26 Å². The number of rotatable bonds is 4. The van der Waals surface area contributed by atoms with Crippen molar-refractivity contribution in [3.63, 3.8) is 0 Å². The van der Waals surface area contributed by atoms with Gasteiger partial charge in [0.1, 0.15) is 16.4 Å². The number of benzene rings is 1. The van der Waals surface area contributed by atoms with Crippen molar-refractivity contribution in [2.24, 2.45) is 0 Å². The maximum Gasteiger partial charge on any atom is 0.260 e. The van der Waals surface area contributed by atoms with Crippen molar-refractivity contribution in [3.8, 4) is 11.3 Å². The number of thiophene rings is 1. The Kier molecular flexibility index (Phi) is 3.95. The first-order chi connectivity index (χ1) is 13.2. The van der Waals surface area contributed by atoms with Gasteiger partial charge in [-0.15, -0.1) is 11.3 Å². The van der Waals surface area contributed by atoms with Gasteiger partial charge in [-0.25, -0.2) is 4.98 Å². The number of fused-ring (bicyclic) bond motifs is 2. The predicted octanol–water partition coefficient (Wildman–Crippen LogP) is 4.58. The lowest BCUT2D eigenvalue weighted by Gasteiger charge is -2.19. The molecule has 0 radical (unpaired) electrons. The highest BCUT2D eigenvalue weighted by molar-refractivity contribution is 7.17. The Hall–Kier alpha value is -2.70. The average molecular weight is 377 g/mol. The van der Waals surface area contributed by atoms with Crippen molar-refractivity contribution in [3.05, 3.63) is 75.3 Å². The van der Waals surface area contributed by atoms with Crippen LogP contribution in [0, 0.1) is 0 Å². The number of H-pyrrole nitrogens is 1. The van der Waals surface area contributed by atoms with Gasteiger partial charge in [0.05, 0.1) is 17.7 Å². The summed E-state index contributed by atoms with van der Waals surface area (Å²) < 4.78 is 5.45. The SMILES string of the molecule is C[C@H](N[C@@H]1CCc2ccccc21)c1nc2scc(-c3ccco3)c2c(=O)[nH]1. The molecule has 0 saturated carbocycles. The number of aromatic amines is 1. The van der Waals surface area contributed by atoms with E-state index in [0.29, 0.717) is 23.0 Å². The van der Waals surface area contributed by atoms with E-state index >= 15 is 0 Å². The first-order valence-corrected chi connectivity index (χ1v) is 9.98. The lowest BCUT2D eigenvalue weighted by Crippen LogP contribution is -2.26. The lowest BCUT2D eigenvalue weighted by molar-refractivity contribution is 0.450. The van der Waals surface area contributed by atoms with Crippen molar-refractivity contribution >= 4 is 21.6 Å². The van der Waals surface area contributed by atoms with E-state index in [-0.39, 0.29) is 11.6 Å². The van der Waals surface area contributed by atoms with Gasteiger partial charge < -0.3 is 14.7 Å². The predicted molar refractivity (Wildman–Crippen MR) is 107 cm³/mol. The van der Waals surface area contributed by atoms with Crippen LogP contribution >= 0.6 is 11.3 Å². The largest absolute Gasteiger partial charge is 0.464 e. The molecule has 0 aliphatic heterocycles. The van der Waals surface area contributed by atoms with Gasteiger partial charge in [-0.1, -0.05) is 24.3 Å². The number of aryl methyl sites for hydroxylation is 1. The minimum atomic E-state index is -0.122. The molecule has 6 heteroatoms. The molecule has 1 aromatic carbocycles. The van der Waals surface area contributed by atoms with Crippen molar-refractivity contribution in [1.29, 1.82) is 0 Å². The van der Waals surface area contributed by atoms with Crippen molar-refractivity contribution in [2.75, 3.05) is 0 Å². The Morgan fingerprint density at radius 3 is 3.04 bits per heavy atom. The molecular formula is C21H19N3O2S. The number of nitrogens with one attached hydrogen (secondary N) is 2. The molecule has 0 saturated heterocycles. The van der Waals surface area contributed by atoms with E-state index in [9.17, 15) is 4.79 Å². The van der Waals surface area contributed by atoms with E-state index in [1.165, 1.54) is 22.5 Å². The quantitative estimate of drug-likeness (QED) is 0.546. The second-order valence-electron chi connectivity index (χ2n) is 6.94. The Morgan fingerprint density at radius 2 is 2.19 bits per heavy atom. The summed E-state index contributed by atoms with van der Waals surface area (Å²) in [6, 6.07) is 12.5. The van der Waals surface area contributed by atoms with Crippen LogP contribution in [0.3, 0.4) is 0 Å². The zero-order valence-corrected chi connectivity index (χ0v) is 15.7. The smallest absolute Gasteiger partial charge is 0.260 e. The van der Waals surface area contributed by atoms with E-state index in [1.807, 2.05) is 24.4 Å². The molecule has 136 valence electrons. The van der Waals surface area contributed by atoms with Crippen LogP contribution in [-0.2, 0) is 6.42 Å². The van der Waals surface area contributed by atoms with Crippen molar-refractivity contribution in [1.82, 2.24) is 15.3 Å². The number of hydrogen-bond donors (Lipinski definition) is 2. The Morgan fingerprint density at radius 1 is 1.30 bits per heavy atom. The number of furan rings is 1. The Bertz CT molecular complexity index is 1160. The van der Waals surface area contributed by atoms with Gasteiger partial charge in [0, 0.05) is 17.0 Å². The minimum Gasteiger partial charge on any atom is -0.464 e. The number of nitrogens with zero attached hydrogens (tertiary/aromatic N) is 1. The number of hydrogen-bond acceptors (Lipinski definition) is 5. The molecular weight excluding hydrogens is 358 g/mol. The molecule has 1 aliphatic carbocycles. The van der Waals surface area contributed by atoms with Crippen LogP contribution in [0.4, 0.5) is 0 Å². The second-order valence-corrected chi connectivity index (χ2v) is 7.79. The van der Waals surface area contributed by atoms with Gasteiger partial charge in [-0.05, 0) is 43.0 Å². The summed E-state index contributed by atoms with van der Waals surface area (Å²) in [5, 5.41) is 6.16. The van der Waals surface area contributed by atoms with Crippen LogP contribution in [0.15, 0.2) is 57.3 Å². The molecule has 1 aliphatic rings. The van der Waals surface area contributed by atoms with Crippen LogP contribution in [0.1, 0.15) is 42.4 Å². The zero-order valence-electron chi connectivity index (χ0n) is 14.9. The molecule has 0 amide bonds. The van der Waals surface area contributed by atoms with Gasteiger partial charge in [-0.2, -0.15) is 0 Å². The molecule has 4 aromatic rings. The minimum absolute atomic E-state index is 0.0487. The highest BCUT2D eigenvalue weighted by Gasteiger charge is 2.25. The van der Waals surface area contributed by atoms with Gasteiger partial charge in [0.2, 0.25) is 0 Å². The normalized spacial score (nSPS) is 17.3. The molecule has 5 nitrogen and oxygen atoms in total. The molecule has 0 unspecified atom stereocenters. The topological polar surface area (TPSA) is 70.9 Å². The highest BCUT2D eigenvalue weighted by atomic mass is 32.1. The zero-order chi connectivity index (χ0) is 18.4. The van der Waals surface area contributed by atoms with E-state index in [2.05, 4.69) is 34.6 Å². The van der Waals surface area contributed by atoms with Crippen LogP contribution in [0.5, 0.6) is 0 Å². The van der Waals surface area contributed by atoms with Crippen LogP contribution in [0.2, 0.25) is 0 Å². The van der Waals surface area contributed by atoms with Crippen molar-refractivity contribution in [2.45, 2.75) is 31.8 Å². The molecule has 3 heterocycles. The summed E-state index contributed by atoms with van der Waals surface area (Å²) in [7, 11) is 0. The fourth-order valence-electron chi connectivity index (χ4n) is 3.89. The standard InChI is InChI=1S/C21H19N3O2S/c1-12(22-16-9-8-13-5-2-3-6-14(13)16)19-23-20(25)18-15(11-27-21(18)24-19)17-7-4-10-26-17/h2-7,10-12,16,22H,8-9H2,1H3,(H,23,24,25)/t12-,16+/m0/s1. The molecule has 3 aromatic heterocycles. The Balaban J connectivity index is 1.46. The monoisotopic (exact) mass is 377 g/mol. The third-order valence-electron chi connectivity index (χ3n) is 5.24. The summed E-state index contributed by atoms with van der Waals surface area (Å²) in [6.07, 6.45) is 3.76. The van der Waals surface area contributed by atoms with Crippen molar-refractivity contribution < 1.29 is 4.42 Å². The molecule has 0 spiro atoms. The maximum absolute atomic E-state index is 12.8. The van der Waals surface area contributed by atoms with Crippen LogP contribution < -0.4 is 10.9 Å². The van der Waals surface area contributed by atoms with Gasteiger partial charge in [0.25, 0.3) is 5.56 Å². The van der Waals surface area contributed by atoms with E-state index in [4.69, 9.17) is 9.40 Å². The summed E-state index contributed by atoms with van der Waals surface area (Å²) in [5.41, 5.74) is 3.43. The van der Waals surface area contributed by atoms with Gasteiger partial charge >= 0.3 is 0 Å². The molecule has 0 fully saturated rings. The van der Waals surface area contributed by atoms with E-state index < -0.39 is 0 Å². The van der Waals surface area contributed by atoms with Gasteiger partial charge in [0.15, 0.2) is 0 Å². The van der Waals surface area contributed by atoms with Crippen LogP contribution in [-0.4, -0.2) is 9.97 Å².